The number of amides is 4. The van der Waals surface area contributed by atoms with Gasteiger partial charge in [-0.3, -0.25) is 24.1 Å². The van der Waals surface area contributed by atoms with Crippen LogP contribution in [0.1, 0.15) is 49.0 Å². The summed E-state index contributed by atoms with van der Waals surface area (Å²) in [7, 11) is 0. The zero-order valence-electron chi connectivity index (χ0n) is 17.3. The third kappa shape index (κ3) is 3.64. The van der Waals surface area contributed by atoms with Crippen molar-refractivity contribution in [2.75, 3.05) is 11.9 Å². The third-order valence-electron chi connectivity index (χ3n) is 6.15. The van der Waals surface area contributed by atoms with Gasteiger partial charge in [-0.05, 0) is 49.3 Å². The summed E-state index contributed by atoms with van der Waals surface area (Å²) >= 11 is 0. The second kappa shape index (κ2) is 8.05. The summed E-state index contributed by atoms with van der Waals surface area (Å²) < 4.78 is 0. The maximum Gasteiger partial charge on any atom is 0.251 e. The van der Waals surface area contributed by atoms with Crippen LogP contribution in [-0.4, -0.2) is 41.1 Å². The molecule has 1 aliphatic carbocycles. The second-order valence-electron chi connectivity index (χ2n) is 8.71. The number of rotatable bonds is 5. The van der Waals surface area contributed by atoms with Gasteiger partial charge in [-0.25, -0.2) is 0 Å². The molecule has 4 rings (SSSR count). The average Bonchev–Trinajstić information content (AvgIpc) is 2.97. The van der Waals surface area contributed by atoms with Crippen LogP contribution in [0.2, 0.25) is 0 Å². The molecule has 0 bridgehead atoms. The third-order valence-corrected chi connectivity index (χ3v) is 6.15. The maximum atomic E-state index is 13.2. The summed E-state index contributed by atoms with van der Waals surface area (Å²) in [5, 5.41) is 5.63. The molecule has 0 saturated carbocycles. The van der Waals surface area contributed by atoms with Crippen molar-refractivity contribution in [3.63, 3.8) is 0 Å². The van der Waals surface area contributed by atoms with E-state index < -0.39 is 11.9 Å². The molecule has 0 spiro atoms. The molecular formula is C23H27N3O4. The molecule has 7 heteroatoms. The van der Waals surface area contributed by atoms with Crippen LogP contribution in [0.4, 0.5) is 5.69 Å². The van der Waals surface area contributed by atoms with E-state index in [4.69, 9.17) is 0 Å². The minimum absolute atomic E-state index is 0.122. The fraction of sp³-hybridized carbons (Fsp3) is 0.478. The first kappa shape index (κ1) is 20.3. The van der Waals surface area contributed by atoms with Crippen molar-refractivity contribution in [3.05, 3.63) is 41.5 Å². The molecule has 158 valence electrons. The molecule has 0 unspecified atom stereocenters. The monoisotopic (exact) mass is 409 g/mol. The van der Waals surface area contributed by atoms with E-state index in [2.05, 4.69) is 10.6 Å². The lowest BCUT2D eigenvalue weighted by molar-refractivity contribution is -0.147. The number of anilines is 1. The van der Waals surface area contributed by atoms with Crippen LogP contribution < -0.4 is 10.6 Å². The van der Waals surface area contributed by atoms with E-state index in [1.807, 2.05) is 32.1 Å². The van der Waals surface area contributed by atoms with Crippen LogP contribution in [0.5, 0.6) is 0 Å². The van der Waals surface area contributed by atoms with E-state index in [1.54, 1.807) is 12.1 Å². The fourth-order valence-corrected chi connectivity index (χ4v) is 4.62. The summed E-state index contributed by atoms with van der Waals surface area (Å²) in [5.41, 5.74) is 1.98. The number of carbonyl (C=O) groups excluding carboxylic acids is 4. The van der Waals surface area contributed by atoms with E-state index in [9.17, 15) is 19.2 Å². The summed E-state index contributed by atoms with van der Waals surface area (Å²) in [6.07, 6.45) is 6.10. The van der Waals surface area contributed by atoms with E-state index in [-0.39, 0.29) is 35.5 Å². The smallest absolute Gasteiger partial charge is 0.251 e. The van der Waals surface area contributed by atoms with Gasteiger partial charge in [0, 0.05) is 17.8 Å². The fourth-order valence-electron chi connectivity index (χ4n) is 4.62. The van der Waals surface area contributed by atoms with Crippen molar-refractivity contribution in [2.24, 2.45) is 17.8 Å². The number of nitrogens with zero attached hydrogens (tertiary/aromatic N) is 1. The molecule has 0 radical (unpaired) electrons. The normalized spacial score (nSPS) is 23.8. The van der Waals surface area contributed by atoms with Gasteiger partial charge in [-0.2, -0.15) is 0 Å². The molecule has 1 fully saturated rings. The van der Waals surface area contributed by atoms with Crippen molar-refractivity contribution >= 4 is 29.3 Å². The minimum Gasteiger partial charge on any atom is -0.352 e. The highest BCUT2D eigenvalue weighted by Crippen LogP contribution is 2.37. The van der Waals surface area contributed by atoms with Gasteiger partial charge >= 0.3 is 0 Å². The Kier molecular flexibility index (Phi) is 5.45. The molecule has 1 aromatic rings. The van der Waals surface area contributed by atoms with Crippen molar-refractivity contribution in [3.8, 4) is 0 Å². The SMILES string of the molecule is CC(C)C[C@H](C(=O)Nc1ccc2c(c1)C(=O)NCC2)N1C(=O)[C@H]2CC=CC[C@@H]2C1=O. The van der Waals surface area contributed by atoms with E-state index in [1.165, 1.54) is 4.90 Å². The van der Waals surface area contributed by atoms with Crippen molar-refractivity contribution < 1.29 is 19.2 Å². The number of benzene rings is 1. The van der Waals surface area contributed by atoms with Gasteiger partial charge in [0.05, 0.1) is 11.8 Å². The first-order valence-corrected chi connectivity index (χ1v) is 10.6. The zero-order valence-corrected chi connectivity index (χ0v) is 17.3. The molecule has 1 aromatic carbocycles. The van der Waals surface area contributed by atoms with Gasteiger partial charge in [-0.15, -0.1) is 0 Å². The molecule has 2 N–H and O–H groups in total. The van der Waals surface area contributed by atoms with Crippen LogP contribution in [-0.2, 0) is 20.8 Å². The highest BCUT2D eigenvalue weighted by Gasteiger charge is 2.51. The quantitative estimate of drug-likeness (QED) is 0.576. The lowest BCUT2D eigenvalue weighted by Gasteiger charge is -2.27. The molecule has 0 aromatic heterocycles. The largest absolute Gasteiger partial charge is 0.352 e. The van der Waals surface area contributed by atoms with Gasteiger partial charge < -0.3 is 10.6 Å². The van der Waals surface area contributed by atoms with Gasteiger partial charge in [0.15, 0.2) is 0 Å². The Balaban J connectivity index is 1.58. The minimum atomic E-state index is -0.861. The highest BCUT2D eigenvalue weighted by atomic mass is 16.2. The molecule has 3 atom stereocenters. The summed E-state index contributed by atoms with van der Waals surface area (Å²) in [6.45, 7) is 4.52. The Morgan fingerprint density at radius 1 is 1.13 bits per heavy atom. The number of imide groups is 1. The predicted octanol–water partition coefficient (Wildman–Crippen LogP) is 2.28. The zero-order chi connectivity index (χ0) is 21.4. The molecular weight excluding hydrogens is 382 g/mol. The molecule has 7 nitrogen and oxygen atoms in total. The molecule has 3 aliphatic rings. The van der Waals surface area contributed by atoms with Crippen molar-refractivity contribution in [2.45, 2.75) is 45.6 Å². The number of allylic oxidation sites excluding steroid dienone is 2. The second-order valence-corrected chi connectivity index (χ2v) is 8.71. The van der Waals surface area contributed by atoms with Crippen LogP contribution in [0.25, 0.3) is 0 Å². The van der Waals surface area contributed by atoms with Gasteiger partial charge in [0.2, 0.25) is 17.7 Å². The Hall–Kier alpha value is -2.96. The standard InChI is InChI=1S/C23H27N3O4/c1-13(2)11-19(26-22(29)16-5-3-4-6-17(16)23(26)30)21(28)25-15-8-7-14-9-10-24-20(27)18(14)12-15/h3-4,7-8,12-13,16-17,19H,5-6,9-11H2,1-2H3,(H,24,27)(H,25,28)/t16-,17-,19+/m0/s1. The van der Waals surface area contributed by atoms with Crippen molar-refractivity contribution in [1.29, 1.82) is 0 Å². The van der Waals surface area contributed by atoms with Gasteiger partial charge in [0.25, 0.3) is 5.91 Å². The number of hydrogen-bond acceptors (Lipinski definition) is 4. The molecule has 4 amide bonds. The van der Waals surface area contributed by atoms with Gasteiger partial charge in [0.1, 0.15) is 6.04 Å². The number of hydrogen-bond donors (Lipinski definition) is 2. The van der Waals surface area contributed by atoms with Gasteiger partial charge in [-0.1, -0.05) is 32.1 Å². The number of carbonyl (C=O) groups is 4. The molecule has 2 heterocycles. The number of fused-ring (bicyclic) bond motifs is 2. The maximum absolute atomic E-state index is 13.2. The van der Waals surface area contributed by atoms with E-state index in [0.717, 1.165) is 12.0 Å². The number of nitrogens with one attached hydrogen (secondary N) is 2. The predicted molar refractivity (Wildman–Crippen MR) is 112 cm³/mol. The molecule has 1 saturated heterocycles. The van der Waals surface area contributed by atoms with E-state index >= 15 is 0 Å². The van der Waals surface area contributed by atoms with Crippen LogP contribution in [0, 0.1) is 17.8 Å². The number of likely N-dealkylation sites (tertiary alicyclic amines) is 1. The Morgan fingerprint density at radius 2 is 1.80 bits per heavy atom. The molecule has 30 heavy (non-hydrogen) atoms. The van der Waals surface area contributed by atoms with Crippen LogP contribution in [0.15, 0.2) is 30.4 Å². The first-order valence-electron chi connectivity index (χ1n) is 10.6. The highest BCUT2D eigenvalue weighted by molar-refractivity contribution is 6.10. The lowest BCUT2D eigenvalue weighted by atomic mass is 9.85. The van der Waals surface area contributed by atoms with Crippen molar-refractivity contribution in [1.82, 2.24) is 10.2 Å². The Labute approximate surface area is 175 Å². The lowest BCUT2D eigenvalue weighted by Crippen LogP contribution is -2.48. The Bertz CT molecular complexity index is 910. The summed E-state index contributed by atoms with van der Waals surface area (Å²) in [5.74, 6) is -1.66. The Morgan fingerprint density at radius 3 is 2.43 bits per heavy atom. The average molecular weight is 409 g/mol. The summed E-state index contributed by atoms with van der Waals surface area (Å²) in [6, 6.07) is 4.40. The topological polar surface area (TPSA) is 95.6 Å². The first-order chi connectivity index (χ1) is 14.4. The summed E-state index contributed by atoms with van der Waals surface area (Å²) in [4.78, 5) is 52.5. The van der Waals surface area contributed by atoms with Crippen LogP contribution >= 0.6 is 0 Å². The molecule has 2 aliphatic heterocycles. The van der Waals surface area contributed by atoms with E-state index in [0.29, 0.717) is 37.1 Å². The van der Waals surface area contributed by atoms with Crippen LogP contribution in [0.3, 0.4) is 0 Å².